The van der Waals surface area contributed by atoms with E-state index in [-0.39, 0.29) is 43.3 Å². The summed E-state index contributed by atoms with van der Waals surface area (Å²) in [5.41, 5.74) is 16.6. The number of H-pyrrole nitrogens is 3. The Morgan fingerprint density at radius 2 is 1.14 bits per heavy atom. The van der Waals surface area contributed by atoms with Gasteiger partial charge in [0.25, 0.3) is 5.91 Å². The van der Waals surface area contributed by atoms with Gasteiger partial charge in [-0.1, -0.05) is 0 Å². The van der Waals surface area contributed by atoms with E-state index in [2.05, 4.69) is 98.4 Å². The van der Waals surface area contributed by atoms with Crippen LogP contribution in [0.15, 0.2) is 73.9 Å². The van der Waals surface area contributed by atoms with Gasteiger partial charge in [0.15, 0.2) is 0 Å². The number of carbonyl (C=O) groups excluding carboxylic acids is 2. The van der Waals surface area contributed by atoms with E-state index >= 15 is 0 Å². The minimum absolute atomic E-state index is 0.00593. The number of aromatic nitrogens is 6. The number of aromatic amines is 3. The Balaban J connectivity index is 0.000000167. The Morgan fingerprint density at radius 3 is 1.62 bits per heavy atom. The topological polar surface area (TPSA) is 256 Å². The van der Waals surface area contributed by atoms with Crippen molar-refractivity contribution < 1.29 is 45.8 Å². The second-order valence-electron chi connectivity index (χ2n) is 14.4. The normalized spacial score (nSPS) is 18.7. The number of carboxylic acids is 1. The summed E-state index contributed by atoms with van der Waals surface area (Å²) in [6.45, 7) is 0. The smallest absolute Gasteiger partial charge is 0.391 e. The molecule has 2 aliphatic carbocycles. The van der Waals surface area contributed by atoms with Crippen LogP contribution in [0.25, 0.3) is 43.5 Å². The molecule has 0 unspecified atom stereocenters. The van der Waals surface area contributed by atoms with Crippen molar-refractivity contribution in [1.82, 2.24) is 35.2 Å². The summed E-state index contributed by atoms with van der Waals surface area (Å²) in [4.78, 5) is 57.4. The average Bonchev–Trinajstić information content (AvgIpc) is 3.95. The van der Waals surface area contributed by atoms with Crippen molar-refractivity contribution in [2.75, 3.05) is 5.32 Å². The van der Waals surface area contributed by atoms with Crippen LogP contribution in [0.3, 0.4) is 0 Å². The van der Waals surface area contributed by atoms with Crippen LogP contribution in [-0.4, -0.2) is 77.4 Å². The first-order valence-corrected chi connectivity index (χ1v) is 21.3. The number of hydrogen-bond donors (Lipinski definition) is 7. The van der Waals surface area contributed by atoms with Gasteiger partial charge in [0.2, 0.25) is 0 Å². The average molecular weight is 1080 g/mol. The zero-order valence-corrected chi connectivity index (χ0v) is 37.3. The summed E-state index contributed by atoms with van der Waals surface area (Å²) >= 11 is 9.80. The predicted molar refractivity (Wildman–Crippen MR) is 232 cm³/mol. The van der Waals surface area contributed by atoms with Crippen LogP contribution in [0, 0.1) is 11.8 Å². The molecule has 0 spiro atoms. The van der Waals surface area contributed by atoms with Gasteiger partial charge in [-0.25, -0.2) is 24.5 Å². The molecule has 16 nitrogen and oxygen atoms in total. The molecule has 0 aliphatic heterocycles. The highest BCUT2D eigenvalue weighted by atomic mass is 79.9. The van der Waals surface area contributed by atoms with Gasteiger partial charge in [0.05, 0.1) is 28.7 Å². The van der Waals surface area contributed by atoms with E-state index in [1.807, 2.05) is 6.07 Å². The first-order valence-electron chi connectivity index (χ1n) is 18.9. The summed E-state index contributed by atoms with van der Waals surface area (Å²) in [6.07, 6.45) is 3.50. The van der Waals surface area contributed by atoms with E-state index < -0.39 is 42.1 Å². The number of nitrogens with zero attached hydrogens (tertiary/aromatic N) is 6. The number of rotatable bonds is 4. The molecule has 25 heteroatoms. The number of halogens is 9. The molecule has 3 amide bonds. The van der Waals surface area contributed by atoms with Crippen LogP contribution in [0.2, 0.25) is 0 Å². The molecule has 6 heterocycles. The van der Waals surface area contributed by atoms with Gasteiger partial charge in [-0.3, -0.25) is 4.79 Å². The summed E-state index contributed by atoms with van der Waals surface area (Å²) in [5, 5.41) is 19.3. The maximum absolute atomic E-state index is 12.7. The van der Waals surface area contributed by atoms with Crippen molar-refractivity contribution in [3.05, 3.63) is 90.4 Å². The van der Waals surface area contributed by atoms with Crippen molar-refractivity contribution in [3.8, 4) is 0 Å². The summed E-state index contributed by atoms with van der Waals surface area (Å²) in [7, 11) is 0. The van der Waals surface area contributed by atoms with Crippen molar-refractivity contribution in [2.24, 2.45) is 22.7 Å². The second-order valence-corrected chi connectivity index (χ2v) is 17.1. The number of hydrogen-bond acceptors (Lipinski definition) is 7. The number of pyridine rings is 3. The van der Waals surface area contributed by atoms with Crippen LogP contribution in [-0.2, 0) is 0 Å². The minimum atomic E-state index is -4.14. The number of anilines is 1. The van der Waals surface area contributed by atoms with Gasteiger partial charge in [-0.05, 0) is 128 Å². The molecule has 8 N–H and O–H groups in total. The first-order chi connectivity index (χ1) is 29.7. The number of azide groups is 1. The lowest BCUT2D eigenvalue weighted by Gasteiger charge is -2.30. The number of nitrogens with one attached hydrogen (secondary N) is 5. The van der Waals surface area contributed by atoms with Crippen molar-refractivity contribution >= 4 is 104 Å². The highest BCUT2D eigenvalue weighted by molar-refractivity contribution is 9.11. The number of nitrogens with two attached hydrogens (primary N) is 1. The summed E-state index contributed by atoms with van der Waals surface area (Å²) in [5.74, 6) is -3.92. The number of urea groups is 1. The molecule has 0 atom stereocenters. The van der Waals surface area contributed by atoms with Gasteiger partial charge >= 0.3 is 24.4 Å². The lowest BCUT2D eigenvalue weighted by atomic mass is 9.86. The molecule has 6 aromatic heterocycles. The van der Waals surface area contributed by atoms with Crippen molar-refractivity contribution in [3.63, 3.8) is 0 Å². The zero-order valence-electron chi connectivity index (χ0n) is 32.5. The van der Waals surface area contributed by atoms with Crippen LogP contribution in [0.1, 0.15) is 72.1 Å². The maximum atomic E-state index is 12.7. The van der Waals surface area contributed by atoms with Gasteiger partial charge in [-0.15, -0.1) is 0 Å². The number of fused-ring (bicyclic) bond motifs is 3. The highest BCUT2D eigenvalue weighted by Gasteiger charge is 2.42. The molecular weight excluding hydrogens is 1040 g/mol. The number of carbonyl (C=O) groups is 3. The Labute approximate surface area is 378 Å². The quantitative estimate of drug-likeness (QED) is 0.0386. The molecule has 336 valence electrons. The largest absolute Gasteiger partial charge is 0.478 e. The lowest BCUT2D eigenvalue weighted by molar-refractivity contribution is -0.183. The van der Waals surface area contributed by atoms with Gasteiger partial charge in [-0.2, -0.15) is 26.3 Å². The van der Waals surface area contributed by atoms with E-state index in [1.165, 1.54) is 12.4 Å². The third kappa shape index (κ3) is 13.6. The monoisotopic (exact) mass is 1080 g/mol. The van der Waals surface area contributed by atoms with Crippen LogP contribution in [0.5, 0.6) is 0 Å². The molecule has 63 heavy (non-hydrogen) atoms. The Morgan fingerprint density at radius 1 is 0.714 bits per heavy atom. The fraction of sp³-hybridized carbons (Fsp3) is 0.368. The fourth-order valence-electron chi connectivity index (χ4n) is 6.84. The molecule has 0 aromatic carbocycles. The Kier molecular flexibility index (Phi) is 16.6. The third-order valence-corrected chi connectivity index (χ3v) is 11.4. The standard InChI is InChI=1S/C15H16BrF3N4O.C8H4BrN5O.C8H5BrN2O2.C7H12F3N/c16-9-5-11-12(7-21-13(11)20-6-9)23-14(24)22-10-3-1-8(2-4-10)15(17,18)19;9-4-1-5-6(8(15)13-14-10)3-12-7(5)11-2-4;9-4-1-5-6(8(12)13)3-11-7(5)10-2-4;8-7(9,10)5-1-3-6(11)4-2-5/h5-8,10H,1-4H2,(H,20,21)(H2,22,23,24);1-3H,(H,11,12);1-3H,(H,10,11)(H,12,13);5-6H,1-4,11H2. The summed E-state index contributed by atoms with van der Waals surface area (Å²) < 4.78 is 76.3. The molecule has 2 aliphatic rings. The molecule has 0 saturated heterocycles. The van der Waals surface area contributed by atoms with Crippen LogP contribution in [0.4, 0.5) is 36.8 Å². The molecular formula is C38H37Br3F6N12O4. The van der Waals surface area contributed by atoms with Gasteiger partial charge < -0.3 is 36.4 Å². The first kappa shape index (κ1) is 48.8. The minimum Gasteiger partial charge on any atom is -0.478 e. The van der Waals surface area contributed by atoms with Crippen LogP contribution < -0.4 is 16.4 Å². The van der Waals surface area contributed by atoms with E-state index in [4.69, 9.17) is 16.4 Å². The second kappa shape index (κ2) is 21.4. The van der Waals surface area contributed by atoms with Crippen molar-refractivity contribution in [1.29, 1.82) is 0 Å². The van der Waals surface area contributed by atoms with E-state index in [0.717, 1.165) is 18.8 Å². The molecule has 0 bridgehead atoms. The summed E-state index contributed by atoms with van der Waals surface area (Å²) in [6, 6.07) is 4.61. The SMILES string of the molecule is NC1CCC(C(F)(F)F)CC1.O=C(Nc1c[nH]c2ncc(Br)cc12)NC1CCC(C(F)(F)F)CC1.O=C(O)c1c[nH]c2ncc(Br)cc12.[N-]=[N+]=NC(=O)c1c[nH]c2ncc(Br)cc12. The zero-order chi connectivity index (χ0) is 46.1. The fourth-order valence-corrected chi connectivity index (χ4v) is 7.83. The molecule has 8 rings (SSSR count). The Hall–Kier alpha value is -5.23. The van der Waals surface area contributed by atoms with E-state index in [0.29, 0.717) is 64.6 Å². The maximum Gasteiger partial charge on any atom is 0.391 e. The number of carboxylic acid groups (broad SMARTS) is 1. The van der Waals surface area contributed by atoms with Gasteiger partial charge in [0, 0.05) is 83.8 Å². The number of alkyl halides is 6. The molecule has 6 aromatic rings. The molecule has 2 fully saturated rings. The lowest BCUT2D eigenvalue weighted by Crippen LogP contribution is -2.41. The third-order valence-electron chi connectivity index (χ3n) is 10.1. The van der Waals surface area contributed by atoms with Gasteiger partial charge in [0.1, 0.15) is 16.9 Å². The number of aromatic carboxylic acids is 1. The molecule has 0 radical (unpaired) electrons. The Bertz CT molecular complexity index is 2600. The molecule has 2 saturated carbocycles. The highest BCUT2D eigenvalue weighted by Crippen LogP contribution is 2.38. The number of amides is 3. The van der Waals surface area contributed by atoms with E-state index in [1.54, 1.807) is 36.9 Å². The van der Waals surface area contributed by atoms with Crippen molar-refractivity contribution in [2.45, 2.75) is 75.8 Å². The predicted octanol–water partition coefficient (Wildman–Crippen LogP) is 11.4. The van der Waals surface area contributed by atoms with Crippen LogP contribution >= 0.6 is 47.8 Å². The van der Waals surface area contributed by atoms with E-state index in [9.17, 15) is 40.7 Å².